The van der Waals surface area contributed by atoms with Crippen LogP contribution in [0.3, 0.4) is 0 Å². The number of ether oxygens (including phenoxy) is 1. The molecule has 1 aromatic carbocycles. The van der Waals surface area contributed by atoms with Gasteiger partial charge in [0.05, 0.1) is 16.5 Å². The van der Waals surface area contributed by atoms with Gasteiger partial charge in [0.25, 0.3) is 5.91 Å². The zero-order valence-corrected chi connectivity index (χ0v) is 19.2. The van der Waals surface area contributed by atoms with Crippen molar-refractivity contribution in [2.75, 3.05) is 13.6 Å². The van der Waals surface area contributed by atoms with Crippen LogP contribution in [0.1, 0.15) is 55.2 Å². The Morgan fingerprint density at radius 3 is 2.48 bits per heavy atom. The molecule has 9 heteroatoms. The number of aliphatic hydroxyl groups excluding tert-OH is 1. The first-order valence-electron chi connectivity index (χ1n) is 10.2. The minimum atomic E-state index is -3.95. The summed E-state index contributed by atoms with van der Waals surface area (Å²) in [5, 5.41) is 10.9. The fourth-order valence-corrected chi connectivity index (χ4v) is 4.63. The monoisotopic (exact) mass is 447 g/mol. The van der Waals surface area contributed by atoms with Crippen LogP contribution < -0.4 is 9.46 Å². The molecule has 0 unspecified atom stereocenters. The summed E-state index contributed by atoms with van der Waals surface area (Å²) in [6, 6.07) is 7.07. The highest BCUT2D eigenvalue weighted by atomic mass is 32.2. The Bertz CT molecular complexity index is 1070. The second-order valence-electron chi connectivity index (χ2n) is 8.18. The van der Waals surface area contributed by atoms with Gasteiger partial charge in [-0.1, -0.05) is 19.1 Å². The van der Waals surface area contributed by atoms with Crippen molar-refractivity contribution in [2.24, 2.45) is 0 Å². The molecule has 2 aromatic rings. The fourth-order valence-electron chi connectivity index (χ4n) is 3.41. The van der Waals surface area contributed by atoms with Gasteiger partial charge in [-0.25, -0.2) is 18.1 Å². The molecule has 0 aliphatic carbocycles. The third kappa shape index (κ3) is 4.58. The van der Waals surface area contributed by atoms with Gasteiger partial charge in [-0.2, -0.15) is 0 Å². The highest BCUT2D eigenvalue weighted by molar-refractivity contribution is 7.89. The van der Waals surface area contributed by atoms with Gasteiger partial charge in [0.1, 0.15) is 11.7 Å². The van der Waals surface area contributed by atoms with E-state index in [1.54, 1.807) is 33.0 Å². The summed E-state index contributed by atoms with van der Waals surface area (Å²) in [4.78, 5) is 18.4. The van der Waals surface area contributed by atoms with E-state index in [9.17, 15) is 18.3 Å². The molecular weight excluding hydrogens is 418 g/mol. The molecule has 3 rings (SSSR count). The molecule has 1 aliphatic rings. The average Bonchev–Trinajstić information content (AvgIpc) is 2.75. The Morgan fingerprint density at radius 2 is 1.90 bits per heavy atom. The summed E-state index contributed by atoms with van der Waals surface area (Å²) in [6.07, 6.45) is 0.986. The van der Waals surface area contributed by atoms with Crippen LogP contribution in [0.2, 0.25) is 0 Å². The van der Waals surface area contributed by atoms with Crippen LogP contribution in [0, 0.1) is 0 Å². The first-order valence-corrected chi connectivity index (χ1v) is 11.7. The number of nitrogens with zero attached hydrogens (tertiary/aromatic N) is 2. The van der Waals surface area contributed by atoms with E-state index in [1.807, 2.05) is 13.8 Å². The number of hydrogen-bond acceptors (Lipinski definition) is 6. The van der Waals surface area contributed by atoms with E-state index in [2.05, 4.69) is 9.71 Å². The molecule has 0 spiro atoms. The summed E-state index contributed by atoms with van der Waals surface area (Å²) in [5.74, 6) is -0.0751. The number of carbonyl (C=O) groups excluding carboxylic acids is 1. The van der Waals surface area contributed by atoms with Crippen LogP contribution in [0.5, 0.6) is 5.88 Å². The third-order valence-corrected chi connectivity index (χ3v) is 7.05. The molecular formula is C22H29N3O5S. The quantitative estimate of drug-likeness (QED) is 0.703. The van der Waals surface area contributed by atoms with Gasteiger partial charge in [0, 0.05) is 25.4 Å². The number of hydrogen-bond donors (Lipinski definition) is 2. The maximum absolute atomic E-state index is 13.1. The van der Waals surface area contributed by atoms with Gasteiger partial charge >= 0.3 is 0 Å². The molecule has 0 fully saturated rings. The number of carbonyl (C=O) groups is 1. The van der Waals surface area contributed by atoms with Gasteiger partial charge in [-0.05, 0) is 51.0 Å². The molecule has 1 aliphatic heterocycles. The number of aliphatic hydroxyl groups is 1. The minimum absolute atomic E-state index is 0.0913. The number of pyridine rings is 1. The van der Waals surface area contributed by atoms with Gasteiger partial charge in [0.15, 0.2) is 0 Å². The van der Waals surface area contributed by atoms with Gasteiger partial charge < -0.3 is 14.7 Å². The third-order valence-electron chi connectivity index (χ3n) is 5.59. The van der Waals surface area contributed by atoms with E-state index in [1.165, 1.54) is 29.3 Å². The van der Waals surface area contributed by atoms with Crippen LogP contribution >= 0.6 is 0 Å². The second-order valence-corrected chi connectivity index (χ2v) is 9.90. The summed E-state index contributed by atoms with van der Waals surface area (Å²) in [5.41, 5.74) is 0.528. The lowest BCUT2D eigenvalue weighted by molar-refractivity contribution is -0.0632. The molecule has 0 saturated heterocycles. The Labute approximate surface area is 183 Å². The molecule has 31 heavy (non-hydrogen) atoms. The maximum Gasteiger partial charge on any atom is 0.255 e. The molecule has 0 saturated carbocycles. The SMILES string of the molecule is CCc1ccc(S(=O)(=O)N[C@@H]2c3cc(C(=O)N(C)CC)cnc3OC(C)(C)[C@H]2O)cc1. The smallest absolute Gasteiger partial charge is 0.255 e. The number of aromatic nitrogens is 1. The standard InChI is InChI=1S/C22H29N3O5S/c1-6-14-8-10-16(11-9-14)31(28,29)24-18-17-12-15(21(27)25(5)7-2)13-23-20(17)30-22(3,4)19(18)26/h8-13,18-19,24,26H,6-7H2,1-5H3/t18-,19+/m1/s1. The molecule has 1 aromatic heterocycles. The van der Waals surface area contributed by atoms with E-state index in [4.69, 9.17) is 4.74 Å². The second kappa shape index (κ2) is 8.57. The Kier molecular flexibility index (Phi) is 6.40. The van der Waals surface area contributed by atoms with E-state index < -0.39 is 27.8 Å². The van der Waals surface area contributed by atoms with E-state index in [0.29, 0.717) is 12.1 Å². The van der Waals surface area contributed by atoms with Crippen LogP contribution in [0.25, 0.3) is 0 Å². The first-order chi connectivity index (χ1) is 14.5. The Balaban J connectivity index is 2.03. The van der Waals surface area contributed by atoms with Crippen LogP contribution in [0.15, 0.2) is 41.4 Å². The van der Waals surface area contributed by atoms with Crippen molar-refractivity contribution in [3.63, 3.8) is 0 Å². The van der Waals surface area contributed by atoms with Crippen molar-refractivity contribution in [3.8, 4) is 5.88 Å². The highest BCUT2D eigenvalue weighted by Gasteiger charge is 2.45. The molecule has 2 atom stereocenters. The van der Waals surface area contributed by atoms with Crippen molar-refractivity contribution >= 4 is 15.9 Å². The Hall–Kier alpha value is -2.49. The van der Waals surface area contributed by atoms with Crippen molar-refractivity contribution in [1.82, 2.24) is 14.6 Å². The maximum atomic E-state index is 13.1. The molecule has 168 valence electrons. The normalized spacial score (nSPS) is 19.9. The molecule has 2 N–H and O–H groups in total. The van der Waals surface area contributed by atoms with Crippen LogP contribution in [-0.2, 0) is 16.4 Å². The van der Waals surface area contributed by atoms with E-state index >= 15 is 0 Å². The summed E-state index contributed by atoms with van der Waals surface area (Å²) < 4.78 is 34.6. The topological polar surface area (TPSA) is 109 Å². The lowest BCUT2D eigenvalue weighted by Crippen LogP contribution is -2.53. The number of aryl methyl sites for hydroxylation is 1. The molecule has 0 bridgehead atoms. The minimum Gasteiger partial charge on any atom is -0.469 e. The van der Waals surface area contributed by atoms with Gasteiger partial charge in [-0.15, -0.1) is 0 Å². The average molecular weight is 448 g/mol. The number of benzene rings is 1. The molecule has 0 radical (unpaired) electrons. The number of nitrogens with one attached hydrogen (secondary N) is 1. The summed E-state index contributed by atoms with van der Waals surface area (Å²) in [6.45, 7) is 7.65. The van der Waals surface area contributed by atoms with Crippen molar-refractivity contribution < 1.29 is 23.1 Å². The lowest BCUT2D eigenvalue weighted by Gasteiger charge is -2.41. The highest BCUT2D eigenvalue weighted by Crippen LogP contribution is 2.39. The van der Waals surface area contributed by atoms with E-state index in [0.717, 1.165) is 12.0 Å². The Morgan fingerprint density at radius 1 is 1.26 bits per heavy atom. The fraction of sp³-hybridized carbons (Fsp3) is 0.455. The summed E-state index contributed by atoms with van der Waals surface area (Å²) >= 11 is 0. The summed E-state index contributed by atoms with van der Waals surface area (Å²) in [7, 11) is -2.29. The molecule has 1 amide bonds. The number of sulfonamides is 1. The zero-order chi connectivity index (χ0) is 23.0. The molecule has 2 heterocycles. The predicted molar refractivity (Wildman–Crippen MR) is 116 cm³/mol. The van der Waals surface area contributed by atoms with Crippen LogP contribution in [0.4, 0.5) is 0 Å². The largest absolute Gasteiger partial charge is 0.469 e. The first kappa shape index (κ1) is 23.2. The van der Waals surface area contributed by atoms with Crippen molar-refractivity contribution in [1.29, 1.82) is 0 Å². The van der Waals surface area contributed by atoms with Crippen molar-refractivity contribution in [2.45, 2.75) is 56.8 Å². The van der Waals surface area contributed by atoms with Crippen LogP contribution in [-0.4, -0.2) is 54.6 Å². The lowest BCUT2D eigenvalue weighted by atomic mass is 9.88. The van der Waals surface area contributed by atoms with Gasteiger partial charge in [-0.3, -0.25) is 4.79 Å². The predicted octanol–water partition coefficient (Wildman–Crippen LogP) is 2.29. The number of amides is 1. The zero-order valence-electron chi connectivity index (χ0n) is 18.4. The number of fused-ring (bicyclic) bond motifs is 1. The number of rotatable bonds is 6. The van der Waals surface area contributed by atoms with Gasteiger partial charge in [0.2, 0.25) is 15.9 Å². The van der Waals surface area contributed by atoms with E-state index in [-0.39, 0.29) is 22.2 Å². The molecule has 8 nitrogen and oxygen atoms in total. The van der Waals surface area contributed by atoms with Crippen molar-refractivity contribution in [3.05, 3.63) is 53.2 Å².